The van der Waals surface area contributed by atoms with Gasteiger partial charge in [0, 0.05) is 18.5 Å². The number of benzene rings is 4. The molecule has 4 aromatic carbocycles. The first-order valence-corrected chi connectivity index (χ1v) is 14.5. The van der Waals surface area contributed by atoms with Gasteiger partial charge in [-0.2, -0.15) is 0 Å². The zero-order valence-electron chi connectivity index (χ0n) is 25.4. The fourth-order valence-electron chi connectivity index (χ4n) is 4.90. The van der Waals surface area contributed by atoms with Crippen molar-refractivity contribution < 1.29 is 60.3 Å². The number of carbonyl (C=O) groups excluding carboxylic acids is 1. The minimum Gasteiger partial charge on any atom is -0.508 e. The summed E-state index contributed by atoms with van der Waals surface area (Å²) in [6, 6.07) is 13.2. The number of carboxylic acid groups (broad SMARTS) is 1. The van der Waals surface area contributed by atoms with Gasteiger partial charge in [-0.25, -0.2) is 9.59 Å². The summed E-state index contributed by atoms with van der Waals surface area (Å²) in [5.41, 5.74) is 1.85. The van der Waals surface area contributed by atoms with Crippen molar-refractivity contribution >= 4 is 30.2 Å². The average Bonchev–Trinajstić information content (AvgIpc) is 3.04. The van der Waals surface area contributed by atoms with Gasteiger partial charge in [0.25, 0.3) is 0 Å². The molecule has 0 fully saturated rings. The van der Waals surface area contributed by atoms with Crippen molar-refractivity contribution in [2.24, 2.45) is 0 Å². The highest BCUT2D eigenvalue weighted by atomic mass is 16.6. The zero-order valence-corrected chi connectivity index (χ0v) is 25.4. The predicted molar refractivity (Wildman–Crippen MR) is 175 cm³/mol. The van der Waals surface area contributed by atoms with Gasteiger partial charge in [-0.15, -0.1) is 0 Å². The Hall–Kier alpha value is -6.34. The Morgan fingerprint density at radius 3 is 1.88 bits per heavy atom. The van der Waals surface area contributed by atoms with Crippen LogP contribution in [0.25, 0.3) is 29.4 Å². The van der Waals surface area contributed by atoms with Gasteiger partial charge >= 0.3 is 11.9 Å². The van der Waals surface area contributed by atoms with Gasteiger partial charge in [-0.1, -0.05) is 31.2 Å². The van der Waals surface area contributed by atoms with Crippen LogP contribution in [0.2, 0.25) is 0 Å². The number of rotatable bonds is 12. The first-order chi connectivity index (χ1) is 22.8. The summed E-state index contributed by atoms with van der Waals surface area (Å²) in [7, 11) is 0. The van der Waals surface area contributed by atoms with Crippen molar-refractivity contribution in [2.75, 3.05) is 13.1 Å². The molecule has 0 saturated heterocycles. The molecule has 0 spiro atoms. The third kappa shape index (κ3) is 8.08. The first-order valence-electron chi connectivity index (χ1n) is 14.5. The Balaban J connectivity index is 1.66. The van der Waals surface area contributed by atoms with Crippen LogP contribution in [0.5, 0.6) is 46.0 Å². The summed E-state index contributed by atoms with van der Waals surface area (Å²) in [4.78, 5) is 25.2. The van der Waals surface area contributed by atoms with E-state index in [0.29, 0.717) is 23.2 Å². The molecule has 10 N–H and O–H groups in total. The molecule has 48 heavy (non-hydrogen) atoms. The molecule has 13 nitrogen and oxygen atoms in total. The first kappa shape index (κ1) is 34.5. The van der Waals surface area contributed by atoms with Crippen LogP contribution in [0.4, 0.5) is 0 Å². The smallest absolute Gasteiger partial charge is 0.345 e. The Morgan fingerprint density at radius 2 is 1.29 bits per heavy atom. The molecule has 0 saturated carbocycles. The normalized spacial score (nSPS) is 12.7. The van der Waals surface area contributed by atoms with Gasteiger partial charge in [-0.05, 0) is 94.5 Å². The van der Waals surface area contributed by atoms with Crippen molar-refractivity contribution in [3.05, 3.63) is 89.0 Å². The lowest BCUT2D eigenvalue weighted by atomic mass is 9.92. The Morgan fingerprint density at radius 1 is 0.729 bits per heavy atom. The SMILES string of the molecule is CCNC[C@@H](c1cc(O)c(O)c(O)c1)[C@@H](OC(=O)C=Cc1cc(O)c(O)cc1C=Cc1cc(O)c(O)cc1-c1cccc(O)c1)C(=O)O. The third-order valence-corrected chi connectivity index (χ3v) is 7.31. The van der Waals surface area contributed by atoms with Crippen molar-refractivity contribution in [3.8, 4) is 57.1 Å². The van der Waals surface area contributed by atoms with Crippen LogP contribution in [0.3, 0.4) is 0 Å². The van der Waals surface area contributed by atoms with Crippen LogP contribution in [0.15, 0.2) is 66.7 Å². The molecule has 4 rings (SSSR count). The summed E-state index contributed by atoms with van der Waals surface area (Å²) in [6.07, 6.45) is 3.31. The van der Waals surface area contributed by atoms with E-state index in [2.05, 4.69) is 5.32 Å². The minimum atomic E-state index is -1.81. The summed E-state index contributed by atoms with van der Waals surface area (Å²) in [5, 5.41) is 93.2. The summed E-state index contributed by atoms with van der Waals surface area (Å²) >= 11 is 0. The third-order valence-electron chi connectivity index (χ3n) is 7.31. The van der Waals surface area contributed by atoms with Crippen LogP contribution in [0.1, 0.15) is 35.1 Å². The molecule has 0 aliphatic carbocycles. The van der Waals surface area contributed by atoms with Gasteiger partial charge < -0.3 is 56.0 Å². The second-order valence-electron chi connectivity index (χ2n) is 10.6. The molecule has 250 valence electrons. The van der Waals surface area contributed by atoms with E-state index in [0.717, 1.165) is 24.3 Å². The Labute approximate surface area is 273 Å². The van der Waals surface area contributed by atoms with E-state index in [9.17, 15) is 55.5 Å². The number of hydrogen-bond donors (Lipinski definition) is 10. The summed E-state index contributed by atoms with van der Waals surface area (Å²) in [5.74, 6) is -7.83. The second kappa shape index (κ2) is 14.8. The van der Waals surface area contributed by atoms with E-state index in [1.54, 1.807) is 19.1 Å². The molecule has 0 aliphatic rings. The molecule has 0 unspecified atom stereocenters. The van der Waals surface area contributed by atoms with E-state index in [-0.39, 0.29) is 29.0 Å². The van der Waals surface area contributed by atoms with E-state index in [4.69, 9.17) is 4.74 Å². The van der Waals surface area contributed by atoms with Crippen LogP contribution < -0.4 is 5.32 Å². The van der Waals surface area contributed by atoms with E-state index >= 15 is 0 Å². The number of phenols is 8. The Kier molecular flexibility index (Phi) is 10.7. The lowest BCUT2D eigenvalue weighted by molar-refractivity contribution is -0.162. The number of ether oxygens (including phenoxy) is 1. The molecule has 0 aliphatic heterocycles. The maximum atomic E-state index is 12.9. The molecule has 0 bridgehead atoms. The van der Waals surface area contributed by atoms with Crippen molar-refractivity contribution in [2.45, 2.75) is 18.9 Å². The lowest BCUT2D eigenvalue weighted by Gasteiger charge is -2.24. The molecule has 4 aromatic rings. The standard InChI is InChI=1S/C35H33NO12/c1-2-36-17-25(22-14-30(42)33(45)31(43)15-22)34(35(46)47)48-32(44)9-8-19-12-27(39)26(38)11-18(19)6-7-21-13-28(40)29(41)16-24(21)20-4-3-5-23(37)10-20/h3-16,25,34,36-43,45H,2,17H2,1H3,(H,46,47)/t25-,34+/m0/s1. The maximum absolute atomic E-state index is 12.9. The van der Waals surface area contributed by atoms with Gasteiger partial charge in [0.2, 0.25) is 6.10 Å². The molecule has 0 aromatic heterocycles. The van der Waals surface area contributed by atoms with Gasteiger partial charge in [-0.3, -0.25) is 0 Å². The fourth-order valence-corrected chi connectivity index (χ4v) is 4.90. The minimum absolute atomic E-state index is 0.0322. The molecule has 2 atom stereocenters. The topological polar surface area (TPSA) is 237 Å². The molecule has 0 amide bonds. The lowest BCUT2D eigenvalue weighted by Crippen LogP contribution is -2.38. The summed E-state index contributed by atoms with van der Waals surface area (Å²) in [6.45, 7) is 2.11. The molecule has 0 heterocycles. The highest BCUT2D eigenvalue weighted by molar-refractivity contribution is 5.91. The Bertz CT molecular complexity index is 1880. The predicted octanol–water partition coefficient (Wildman–Crippen LogP) is 4.57. The van der Waals surface area contributed by atoms with Gasteiger partial charge in [0.05, 0.1) is 0 Å². The van der Waals surface area contributed by atoms with Crippen LogP contribution in [-0.2, 0) is 14.3 Å². The number of phenolic OH excluding ortho intramolecular Hbond substituents is 8. The highest BCUT2D eigenvalue weighted by Crippen LogP contribution is 2.39. The number of carboxylic acids is 1. The number of aromatic hydroxyl groups is 8. The number of aliphatic carboxylic acids is 1. The van der Waals surface area contributed by atoms with Crippen molar-refractivity contribution in [1.29, 1.82) is 0 Å². The van der Waals surface area contributed by atoms with Gasteiger partial charge in [0.1, 0.15) is 5.75 Å². The second-order valence-corrected chi connectivity index (χ2v) is 10.6. The molecular formula is C35H33NO12. The number of nitrogens with one attached hydrogen (secondary N) is 1. The van der Waals surface area contributed by atoms with Crippen molar-refractivity contribution in [1.82, 2.24) is 5.32 Å². The summed E-state index contributed by atoms with van der Waals surface area (Å²) < 4.78 is 5.29. The van der Waals surface area contributed by atoms with E-state index < -0.39 is 64.2 Å². The van der Waals surface area contributed by atoms with Crippen molar-refractivity contribution in [3.63, 3.8) is 0 Å². The number of likely N-dealkylation sites (N-methyl/N-ethyl adjacent to an activating group) is 1. The fraction of sp³-hybridized carbons (Fsp3) is 0.143. The largest absolute Gasteiger partial charge is 0.508 e. The monoisotopic (exact) mass is 659 g/mol. The van der Waals surface area contributed by atoms with Crippen LogP contribution in [-0.4, -0.2) is 77.1 Å². The average molecular weight is 660 g/mol. The van der Waals surface area contributed by atoms with Crippen LogP contribution in [0, 0.1) is 0 Å². The zero-order chi connectivity index (χ0) is 35.1. The molecule has 0 radical (unpaired) electrons. The maximum Gasteiger partial charge on any atom is 0.345 e. The number of esters is 1. The van der Waals surface area contributed by atoms with Crippen LogP contribution >= 0.6 is 0 Å². The quantitative estimate of drug-likeness (QED) is 0.0435. The van der Waals surface area contributed by atoms with E-state index in [1.165, 1.54) is 48.6 Å². The number of hydrogen-bond acceptors (Lipinski definition) is 12. The molecular weight excluding hydrogens is 626 g/mol. The molecule has 13 heteroatoms. The van der Waals surface area contributed by atoms with Gasteiger partial charge in [0.15, 0.2) is 40.2 Å². The highest BCUT2D eigenvalue weighted by Gasteiger charge is 2.33. The van der Waals surface area contributed by atoms with E-state index in [1.807, 2.05) is 0 Å². The number of carbonyl (C=O) groups is 2.